The molecular weight excluding hydrogens is 274 g/mol. The molecule has 2 aromatic rings. The van der Waals surface area contributed by atoms with Gasteiger partial charge in [-0.25, -0.2) is 0 Å². The maximum atomic E-state index is 5.04. The van der Waals surface area contributed by atoms with Crippen molar-refractivity contribution >= 4 is 0 Å². The number of ether oxygens (including phenoxy) is 1. The number of aromatic nitrogens is 2. The standard InChI is InChI=1S/C18H23N3O/c1-14(21-12-4-3-5-13-21)15-6-8-16(9-7-15)17-10-11-18(22-2)20-19-17/h6-11,14H,3-5,12-13H2,1-2H3/t14-/m1/s1. The Morgan fingerprint density at radius 3 is 2.27 bits per heavy atom. The predicted octanol–water partition coefficient (Wildman–Crippen LogP) is 3.70. The average Bonchev–Trinajstić information content (AvgIpc) is 2.62. The molecule has 0 N–H and O–H groups in total. The van der Waals surface area contributed by atoms with Crippen LogP contribution in [-0.4, -0.2) is 35.3 Å². The topological polar surface area (TPSA) is 38.2 Å². The van der Waals surface area contributed by atoms with E-state index in [0.717, 1.165) is 11.3 Å². The number of hydrogen-bond donors (Lipinski definition) is 0. The highest BCUT2D eigenvalue weighted by Gasteiger charge is 2.18. The van der Waals surface area contributed by atoms with Crippen molar-refractivity contribution in [1.82, 2.24) is 15.1 Å². The number of benzene rings is 1. The summed E-state index contributed by atoms with van der Waals surface area (Å²) >= 11 is 0. The summed E-state index contributed by atoms with van der Waals surface area (Å²) < 4.78 is 5.04. The quantitative estimate of drug-likeness (QED) is 0.862. The molecule has 1 aromatic heterocycles. The van der Waals surface area contributed by atoms with Crippen LogP contribution in [0.3, 0.4) is 0 Å². The first-order chi connectivity index (χ1) is 10.8. The molecule has 4 nitrogen and oxygen atoms in total. The summed E-state index contributed by atoms with van der Waals surface area (Å²) in [4.78, 5) is 2.58. The van der Waals surface area contributed by atoms with Gasteiger partial charge in [0.25, 0.3) is 0 Å². The molecule has 0 spiro atoms. The fraction of sp³-hybridized carbons (Fsp3) is 0.444. The summed E-state index contributed by atoms with van der Waals surface area (Å²) in [5.74, 6) is 0.541. The van der Waals surface area contributed by atoms with Crippen LogP contribution in [0.1, 0.15) is 37.8 Å². The third kappa shape index (κ3) is 3.28. The molecule has 0 amide bonds. The number of piperidine rings is 1. The molecule has 0 bridgehead atoms. The number of likely N-dealkylation sites (tertiary alicyclic amines) is 1. The van der Waals surface area contributed by atoms with Crippen LogP contribution in [0, 0.1) is 0 Å². The molecule has 116 valence electrons. The van der Waals surface area contributed by atoms with Crippen LogP contribution in [-0.2, 0) is 0 Å². The van der Waals surface area contributed by atoms with Gasteiger partial charge >= 0.3 is 0 Å². The minimum absolute atomic E-state index is 0.483. The van der Waals surface area contributed by atoms with Gasteiger partial charge in [-0.1, -0.05) is 30.7 Å². The Morgan fingerprint density at radius 1 is 0.955 bits per heavy atom. The first-order valence-corrected chi connectivity index (χ1v) is 8.00. The third-order valence-corrected chi connectivity index (χ3v) is 4.48. The zero-order valence-electron chi connectivity index (χ0n) is 13.3. The predicted molar refractivity (Wildman–Crippen MR) is 87.9 cm³/mol. The second kappa shape index (κ2) is 6.88. The van der Waals surface area contributed by atoms with Gasteiger partial charge in [-0.3, -0.25) is 4.90 Å². The molecule has 0 aliphatic carbocycles. The summed E-state index contributed by atoms with van der Waals surface area (Å²) in [6, 6.07) is 12.9. The van der Waals surface area contributed by atoms with E-state index in [0.29, 0.717) is 11.9 Å². The van der Waals surface area contributed by atoms with Gasteiger partial charge in [0.2, 0.25) is 5.88 Å². The normalized spacial score (nSPS) is 17.2. The van der Waals surface area contributed by atoms with Gasteiger partial charge in [-0.2, -0.15) is 0 Å². The molecular formula is C18H23N3O. The molecule has 1 aliphatic heterocycles. The monoisotopic (exact) mass is 297 g/mol. The van der Waals surface area contributed by atoms with E-state index in [1.54, 1.807) is 7.11 Å². The SMILES string of the molecule is COc1ccc(-c2ccc([C@@H](C)N3CCCCC3)cc2)nn1. The molecule has 1 fully saturated rings. The van der Waals surface area contributed by atoms with E-state index < -0.39 is 0 Å². The molecule has 4 heteroatoms. The van der Waals surface area contributed by atoms with E-state index >= 15 is 0 Å². The fourth-order valence-corrected chi connectivity index (χ4v) is 3.03. The van der Waals surface area contributed by atoms with E-state index in [1.165, 1.54) is 37.9 Å². The van der Waals surface area contributed by atoms with Gasteiger partial charge in [-0.05, 0) is 44.5 Å². The third-order valence-electron chi connectivity index (χ3n) is 4.48. The summed E-state index contributed by atoms with van der Waals surface area (Å²) in [6.07, 6.45) is 4.02. The first kappa shape index (κ1) is 15.0. The van der Waals surface area contributed by atoms with Crippen molar-refractivity contribution in [2.24, 2.45) is 0 Å². The minimum atomic E-state index is 0.483. The molecule has 1 aromatic carbocycles. The highest BCUT2D eigenvalue weighted by Crippen LogP contribution is 2.26. The molecule has 3 rings (SSSR count). The lowest BCUT2D eigenvalue weighted by atomic mass is 10.0. The van der Waals surface area contributed by atoms with E-state index in [2.05, 4.69) is 46.3 Å². The molecule has 22 heavy (non-hydrogen) atoms. The Bertz CT molecular complexity index is 589. The van der Waals surface area contributed by atoms with Crippen LogP contribution in [0.2, 0.25) is 0 Å². The van der Waals surface area contributed by atoms with Crippen molar-refractivity contribution in [1.29, 1.82) is 0 Å². The number of nitrogens with zero attached hydrogens (tertiary/aromatic N) is 3. The lowest BCUT2D eigenvalue weighted by molar-refractivity contribution is 0.175. The van der Waals surface area contributed by atoms with Crippen molar-refractivity contribution in [3.8, 4) is 17.1 Å². The second-order valence-corrected chi connectivity index (χ2v) is 5.86. The molecule has 0 unspecified atom stereocenters. The summed E-state index contributed by atoms with van der Waals surface area (Å²) in [5, 5.41) is 8.22. The van der Waals surface area contributed by atoms with Crippen molar-refractivity contribution in [2.45, 2.75) is 32.2 Å². The molecule has 1 saturated heterocycles. The number of rotatable bonds is 4. The molecule has 1 aliphatic rings. The van der Waals surface area contributed by atoms with Crippen molar-refractivity contribution < 1.29 is 4.74 Å². The Labute approximate surface area is 132 Å². The van der Waals surface area contributed by atoms with E-state index in [-0.39, 0.29) is 0 Å². The lowest BCUT2D eigenvalue weighted by Gasteiger charge is -2.32. The minimum Gasteiger partial charge on any atom is -0.480 e. The lowest BCUT2D eigenvalue weighted by Crippen LogP contribution is -2.32. The van der Waals surface area contributed by atoms with Gasteiger partial charge in [0.05, 0.1) is 12.8 Å². The summed E-state index contributed by atoms with van der Waals surface area (Å²) in [7, 11) is 1.60. The second-order valence-electron chi connectivity index (χ2n) is 5.86. The maximum Gasteiger partial charge on any atom is 0.233 e. The zero-order valence-corrected chi connectivity index (χ0v) is 13.3. The van der Waals surface area contributed by atoms with Crippen LogP contribution in [0.25, 0.3) is 11.3 Å². The Balaban J connectivity index is 1.73. The van der Waals surface area contributed by atoms with Gasteiger partial charge < -0.3 is 4.74 Å². The summed E-state index contributed by atoms with van der Waals surface area (Å²) in [5.41, 5.74) is 3.33. The van der Waals surface area contributed by atoms with Crippen molar-refractivity contribution in [2.75, 3.05) is 20.2 Å². The van der Waals surface area contributed by atoms with E-state index in [1.807, 2.05) is 12.1 Å². The molecule has 0 radical (unpaired) electrons. The maximum absolute atomic E-state index is 5.04. The van der Waals surface area contributed by atoms with Crippen molar-refractivity contribution in [3.05, 3.63) is 42.0 Å². The van der Waals surface area contributed by atoms with Crippen LogP contribution >= 0.6 is 0 Å². The Kier molecular flexibility index (Phi) is 4.68. The van der Waals surface area contributed by atoms with Crippen LogP contribution < -0.4 is 4.74 Å². The fourth-order valence-electron chi connectivity index (χ4n) is 3.03. The zero-order chi connectivity index (χ0) is 15.4. The van der Waals surface area contributed by atoms with Gasteiger partial charge in [-0.15, -0.1) is 10.2 Å². The Hall–Kier alpha value is -1.94. The van der Waals surface area contributed by atoms with Gasteiger partial charge in [0, 0.05) is 17.7 Å². The van der Waals surface area contributed by atoms with Gasteiger partial charge in [0.15, 0.2) is 0 Å². The number of methoxy groups -OCH3 is 1. The van der Waals surface area contributed by atoms with E-state index in [9.17, 15) is 0 Å². The average molecular weight is 297 g/mol. The van der Waals surface area contributed by atoms with Crippen LogP contribution in [0.5, 0.6) is 5.88 Å². The Morgan fingerprint density at radius 2 is 1.68 bits per heavy atom. The largest absolute Gasteiger partial charge is 0.480 e. The smallest absolute Gasteiger partial charge is 0.233 e. The highest BCUT2D eigenvalue weighted by molar-refractivity contribution is 5.59. The molecule has 2 heterocycles. The molecule has 1 atom stereocenters. The summed E-state index contributed by atoms with van der Waals surface area (Å²) in [6.45, 7) is 4.73. The van der Waals surface area contributed by atoms with Crippen molar-refractivity contribution in [3.63, 3.8) is 0 Å². The highest BCUT2D eigenvalue weighted by atomic mass is 16.5. The van der Waals surface area contributed by atoms with E-state index in [4.69, 9.17) is 4.74 Å². The van der Waals surface area contributed by atoms with Gasteiger partial charge in [0.1, 0.15) is 0 Å². The number of hydrogen-bond acceptors (Lipinski definition) is 4. The van der Waals surface area contributed by atoms with Crippen LogP contribution in [0.15, 0.2) is 36.4 Å². The first-order valence-electron chi connectivity index (χ1n) is 8.00. The molecule has 0 saturated carbocycles. The van der Waals surface area contributed by atoms with Crippen LogP contribution in [0.4, 0.5) is 0 Å².